The molecule has 0 aliphatic carbocycles. The highest BCUT2D eigenvalue weighted by Crippen LogP contribution is 2.30. The quantitative estimate of drug-likeness (QED) is 0.819. The third kappa shape index (κ3) is 4.41. The Bertz CT molecular complexity index is 802. The van der Waals surface area contributed by atoms with Gasteiger partial charge in [-0.3, -0.25) is 4.79 Å². The minimum atomic E-state index is -4.49. The Morgan fingerprint density at radius 3 is 2.58 bits per heavy atom. The molecule has 1 aromatic carbocycles. The van der Waals surface area contributed by atoms with E-state index in [1.165, 1.54) is 24.4 Å². The number of benzene rings is 1. The fraction of sp³-hybridized carbons (Fsp3) is 0.353. The van der Waals surface area contributed by atoms with Crippen molar-refractivity contribution in [3.63, 3.8) is 0 Å². The maximum atomic E-state index is 12.8. The summed E-state index contributed by atoms with van der Waals surface area (Å²) in [6.07, 6.45) is -2.60. The summed E-state index contributed by atoms with van der Waals surface area (Å²) in [5.41, 5.74) is -0.785. The highest BCUT2D eigenvalue weighted by atomic mass is 19.4. The second-order valence-corrected chi connectivity index (χ2v) is 5.87. The topological polar surface area (TPSA) is 84.2 Å². The molecule has 1 aromatic heterocycles. The number of amides is 1. The van der Waals surface area contributed by atoms with Gasteiger partial charge in [-0.1, -0.05) is 26.3 Å². The molecule has 0 fully saturated rings. The number of carbonyl (C=O) groups is 2. The van der Waals surface area contributed by atoms with Gasteiger partial charge in [0.05, 0.1) is 11.3 Å². The van der Waals surface area contributed by atoms with E-state index in [2.05, 4.69) is 10.4 Å². The fourth-order valence-electron chi connectivity index (χ4n) is 2.31. The number of nitrogens with one attached hydrogen (secondary N) is 1. The first-order chi connectivity index (χ1) is 12.1. The Kier molecular flexibility index (Phi) is 5.69. The van der Waals surface area contributed by atoms with Crippen LogP contribution in [0, 0.1) is 5.92 Å². The summed E-state index contributed by atoms with van der Waals surface area (Å²) in [7, 11) is 0. The van der Waals surface area contributed by atoms with Crippen LogP contribution in [0.4, 0.5) is 13.2 Å². The molecule has 0 aliphatic heterocycles. The van der Waals surface area contributed by atoms with Gasteiger partial charge < -0.3 is 10.4 Å². The number of rotatable bonds is 6. The summed E-state index contributed by atoms with van der Waals surface area (Å²) in [6.45, 7) is 3.50. The Morgan fingerprint density at radius 1 is 1.31 bits per heavy atom. The van der Waals surface area contributed by atoms with E-state index in [1.807, 2.05) is 0 Å². The van der Waals surface area contributed by atoms with Crippen molar-refractivity contribution < 1.29 is 27.9 Å². The van der Waals surface area contributed by atoms with Crippen LogP contribution >= 0.6 is 0 Å². The number of alkyl halides is 3. The molecule has 0 unspecified atom stereocenters. The normalized spacial score (nSPS) is 13.9. The summed E-state index contributed by atoms with van der Waals surface area (Å²) in [5.74, 6) is -2.16. The zero-order valence-corrected chi connectivity index (χ0v) is 14.1. The van der Waals surface area contributed by atoms with Crippen LogP contribution in [0.3, 0.4) is 0 Å². The molecule has 2 atom stereocenters. The molecule has 0 aliphatic rings. The van der Waals surface area contributed by atoms with Crippen molar-refractivity contribution in [1.29, 1.82) is 0 Å². The van der Waals surface area contributed by atoms with E-state index < -0.39 is 29.7 Å². The van der Waals surface area contributed by atoms with Crippen molar-refractivity contribution in [3.8, 4) is 5.69 Å². The van der Waals surface area contributed by atoms with Gasteiger partial charge in [-0.2, -0.15) is 18.3 Å². The number of carbonyl (C=O) groups excluding carboxylic acids is 1. The monoisotopic (exact) mass is 369 g/mol. The lowest BCUT2D eigenvalue weighted by Crippen LogP contribution is -2.45. The lowest BCUT2D eigenvalue weighted by Gasteiger charge is -2.19. The lowest BCUT2D eigenvalue weighted by molar-refractivity contribution is -0.140. The molecule has 0 spiro atoms. The highest BCUT2D eigenvalue weighted by Gasteiger charge is 2.31. The molecule has 140 valence electrons. The molecule has 1 amide bonds. The van der Waals surface area contributed by atoms with Gasteiger partial charge in [0, 0.05) is 6.20 Å². The zero-order chi connectivity index (χ0) is 19.5. The van der Waals surface area contributed by atoms with Crippen molar-refractivity contribution in [1.82, 2.24) is 15.1 Å². The van der Waals surface area contributed by atoms with Crippen molar-refractivity contribution in [2.24, 2.45) is 5.92 Å². The number of carboxylic acid groups (broad SMARTS) is 1. The van der Waals surface area contributed by atoms with Crippen molar-refractivity contribution in [2.45, 2.75) is 32.5 Å². The fourth-order valence-corrected chi connectivity index (χ4v) is 2.31. The van der Waals surface area contributed by atoms with Crippen molar-refractivity contribution >= 4 is 11.9 Å². The minimum Gasteiger partial charge on any atom is -0.480 e. The molecular weight excluding hydrogens is 351 g/mol. The largest absolute Gasteiger partial charge is 0.480 e. The predicted molar refractivity (Wildman–Crippen MR) is 86.9 cm³/mol. The number of halogens is 3. The van der Waals surface area contributed by atoms with Crippen LogP contribution in [0.1, 0.15) is 36.3 Å². The Balaban J connectivity index is 2.22. The van der Waals surface area contributed by atoms with E-state index >= 15 is 0 Å². The smallest absolute Gasteiger partial charge is 0.416 e. The van der Waals surface area contributed by atoms with Gasteiger partial charge in [-0.25, -0.2) is 9.48 Å². The van der Waals surface area contributed by atoms with E-state index in [9.17, 15) is 27.9 Å². The zero-order valence-electron chi connectivity index (χ0n) is 14.1. The molecule has 2 rings (SSSR count). The van der Waals surface area contributed by atoms with Crippen LogP contribution in [0.2, 0.25) is 0 Å². The molecule has 1 heterocycles. The molecule has 0 bridgehead atoms. The van der Waals surface area contributed by atoms with Gasteiger partial charge in [0.25, 0.3) is 5.91 Å². The Hall–Kier alpha value is -2.84. The van der Waals surface area contributed by atoms with Gasteiger partial charge in [-0.15, -0.1) is 0 Å². The van der Waals surface area contributed by atoms with Crippen LogP contribution in [-0.2, 0) is 11.0 Å². The number of carboxylic acids is 1. The SMILES string of the molecule is CC[C@H](C)[C@H](NC(=O)c1ccn(-c2cccc(C(F)(F)F)c2)n1)C(=O)O. The summed E-state index contributed by atoms with van der Waals surface area (Å²) in [5, 5.41) is 15.5. The molecule has 0 saturated carbocycles. The Morgan fingerprint density at radius 2 is 2.00 bits per heavy atom. The van der Waals surface area contributed by atoms with E-state index in [1.54, 1.807) is 13.8 Å². The second kappa shape index (κ2) is 7.59. The summed E-state index contributed by atoms with van der Waals surface area (Å²) < 4.78 is 39.5. The molecule has 9 heteroatoms. The average molecular weight is 369 g/mol. The van der Waals surface area contributed by atoms with Gasteiger partial charge in [0.15, 0.2) is 5.69 Å². The number of aliphatic carboxylic acids is 1. The van der Waals surface area contributed by atoms with Gasteiger partial charge >= 0.3 is 12.1 Å². The summed E-state index contributed by atoms with van der Waals surface area (Å²) in [4.78, 5) is 23.5. The number of nitrogens with zero attached hydrogens (tertiary/aromatic N) is 2. The van der Waals surface area contributed by atoms with Crippen LogP contribution in [0.5, 0.6) is 0 Å². The molecule has 26 heavy (non-hydrogen) atoms. The van der Waals surface area contributed by atoms with Crippen molar-refractivity contribution in [3.05, 3.63) is 47.8 Å². The van der Waals surface area contributed by atoms with E-state index in [0.29, 0.717) is 6.42 Å². The third-order valence-corrected chi connectivity index (χ3v) is 4.03. The number of hydrogen-bond donors (Lipinski definition) is 2. The predicted octanol–water partition coefficient (Wildman–Crippen LogP) is 3.12. The molecule has 2 N–H and O–H groups in total. The third-order valence-electron chi connectivity index (χ3n) is 4.03. The molecule has 0 saturated heterocycles. The summed E-state index contributed by atoms with van der Waals surface area (Å²) in [6, 6.07) is 4.74. The maximum Gasteiger partial charge on any atom is 0.416 e. The standard InChI is InChI=1S/C17H18F3N3O3/c1-3-10(2)14(16(25)26)21-15(24)13-7-8-23(22-13)12-6-4-5-11(9-12)17(18,19)20/h4-10,14H,3H2,1-2H3,(H,21,24)(H,25,26)/t10-,14-/m0/s1. The number of hydrogen-bond acceptors (Lipinski definition) is 3. The lowest BCUT2D eigenvalue weighted by atomic mass is 9.99. The van der Waals surface area contributed by atoms with Gasteiger partial charge in [-0.05, 0) is 30.2 Å². The van der Waals surface area contributed by atoms with E-state index in [0.717, 1.165) is 16.8 Å². The first kappa shape index (κ1) is 19.5. The average Bonchev–Trinajstić information content (AvgIpc) is 3.08. The van der Waals surface area contributed by atoms with Crippen LogP contribution in [0.15, 0.2) is 36.5 Å². The van der Waals surface area contributed by atoms with Crippen LogP contribution in [-0.4, -0.2) is 32.8 Å². The summed E-state index contributed by atoms with van der Waals surface area (Å²) >= 11 is 0. The minimum absolute atomic E-state index is 0.0861. The van der Waals surface area contributed by atoms with Crippen LogP contribution in [0.25, 0.3) is 5.69 Å². The molecule has 2 aromatic rings. The van der Waals surface area contributed by atoms with E-state index in [4.69, 9.17) is 0 Å². The van der Waals surface area contributed by atoms with E-state index in [-0.39, 0.29) is 17.3 Å². The second-order valence-electron chi connectivity index (χ2n) is 5.87. The maximum absolute atomic E-state index is 12.8. The number of aromatic nitrogens is 2. The first-order valence-corrected chi connectivity index (χ1v) is 7.90. The van der Waals surface area contributed by atoms with Crippen LogP contribution < -0.4 is 5.32 Å². The molecule has 6 nitrogen and oxygen atoms in total. The molecular formula is C17H18F3N3O3. The molecule has 0 radical (unpaired) electrons. The van der Waals surface area contributed by atoms with Gasteiger partial charge in [0.1, 0.15) is 6.04 Å². The highest BCUT2D eigenvalue weighted by molar-refractivity contribution is 5.95. The van der Waals surface area contributed by atoms with Gasteiger partial charge in [0.2, 0.25) is 0 Å². The first-order valence-electron chi connectivity index (χ1n) is 7.90. The van der Waals surface area contributed by atoms with Crippen molar-refractivity contribution in [2.75, 3.05) is 0 Å². The Labute approximate surface area is 147 Å².